The van der Waals surface area contributed by atoms with E-state index in [1.54, 1.807) is 71.6 Å². The predicted octanol–water partition coefficient (Wildman–Crippen LogP) is 6.71. The van der Waals surface area contributed by atoms with Crippen LogP contribution in [0.4, 0.5) is 0 Å². The van der Waals surface area contributed by atoms with Crippen molar-refractivity contribution in [3.8, 4) is 23.6 Å². The maximum Gasteiger partial charge on any atom is 0.251 e. The minimum atomic E-state index is -0.855. The highest BCUT2D eigenvalue weighted by atomic mass is 35.5. The van der Waals surface area contributed by atoms with Crippen molar-refractivity contribution in [2.24, 2.45) is 16.2 Å². The molecule has 5 rings (SSSR count). The van der Waals surface area contributed by atoms with Crippen LogP contribution in [0.3, 0.4) is 0 Å². The molecule has 1 saturated heterocycles. The normalized spacial score (nSPS) is 19.3. The zero-order valence-electron chi connectivity index (χ0n) is 36.1. The zero-order valence-corrected chi connectivity index (χ0v) is 36.9. The van der Waals surface area contributed by atoms with Crippen molar-refractivity contribution in [3.63, 3.8) is 0 Å². The van der Waals surface area contributed by atoms with Gasteiger partial charge in [-0.1, -0.05) is 72.2 Å². The van der Waals surface area contributed by atoms with Crippen molar-refractivity contribution >= 4 is 35.2 Å². The molecular weight excluding hydrogens is 796 g/mol. The van der Waals surface area contributed by atoms with Crippen LogP contribution in [0.15, 0.2) is 66.7 Å². The summed E-state index contributed by atoms with van der Waals surface area (Å²) in [4.78, 5) is 54.8. The van der Waals surface area contributed by atoms with Gasteiger partial charge in [-0.15, -0.1) is 0 Å². The maximum absolute atomic E-state index is 13.8. The Morgan fingerprint density at radius 1 is 0.902 bits per heavy atom. The van der Waals surface area contributed by atoms with Gasteiger partial charge in [0.2, 0.25) is 17.7 Å². The highest BCUT2D eigenvalue weighted by molar-refractivity contribution is 6.31. The number of rotatable bonds is 17. The first-order chi connectivity index (χ1) is 28.9. The summed E-state index contributed by atoms with van der Waals surface area (Å²) in [6, 6.07) is 21.4. The number of nitrogens with zero attached hydrogens (tertiary/aromatic N) is 3. The fourth-order valence-corrected chi connectivity index (χ4v) is 8.71. The average molecular weight is 853 g/mol. The summed E-state index contributed by atoms with van der Waals surface area (Å²) in [5, 5.41) is 27.5. The molecule has 324 valence electrons. The number of nitrogens with one attached hydrogen (secondary N) is 3. The summed E-state index contributed by atoms with van der Waals surface area (Å²) in [6.07, 6.45) is 2.30. The summed E-state index contributed by atoms with van der Waals surface area (Å²) in [5.41, 5.74) is 0.868. The highest BCUT2D eigenvalue weighted by Gasteiger charge is 2.64. The van der Waals surface area contributed by atoms with Crippen LogP contribution < -0.4 is 25.4 Å². The lowest BCUT2D eigenvalue weighted by Gasteiger charge is -2.63. The van der Waals surface area contributed by atoms with E-state index in [-0.39, 0.29) is 43.0 Å². The van der Waals surface area contributed by atoms with Crippen molar-refractivity contribution in [1.82, 2.24) is 20.9 Å². The highest BCUT2D eigenvalue weighted by Crippen LogP contribution is 2.55. The third kappa shape index (κ3) is 11.4. The molecule has 1 aliphatic carbocycles. The van der Waals surface area contributed by atoms with Crippen LogP contribution in [-0.2, 0) is 25.7 Å². The first-order valence-electron chi connectivity index (χ1n) is 20.7. The van der Waals surface area contributed by atoms with Crippen LogP contribution in [0.25, 0.3) is 0 Å². The van der Waals surface area contributed by atoms with E-state index in [2.05, 4.69) is 55.8 Å². The number of hydrogen-bond donors (Lipinski definition) is 3. The number of carbonyl (C=O) groups is 4. The van der Waals surface area contributed by atoms with Gasteiger partial charge in [-0.05, 0) is 85.2 Å². The van der Waals surface area contributed by atoms with Gasteiger partial charge in [-0.3, -0.25) is 19.2 Å². The largest absolute Gasteiger partial charge is 0.494 e. The summed E-state index contributed by atoms with van der Waals surface area (Å²) in [6.45, 7) is 15.0. The third-order valence-electron chi connectivity index (χ3n) is 11.5. The fraction of sp³-hybridized carbons (Fsp3) is 0.489. The second-order valence-corrected chi connectivity index (χ2v) is 18.4. The number of unbranched alkanes of at least 4 members (excludes halogenated alkanes) is 1. The van der Waals surface area contributed by atoms with E-state index in [1.165, 1.54) is 0 Å². The van der Waals surface area contributed by atoms with Gasteiger partial charge in [0.05, 0.1) is 28.8 Å². The van der Waals surface area contributed by atoms with Crippen molar-refractivity contribution in [1.29, 1.82) is 10.5 Å². The number of ether oxygens (including phenoxy) is 3. The van der Waals surface area contributed by atoms with E-state index in [0.29, 0.717) is 78.7 Å². The van der Waals surface area contributed by atoms with Crippen molar-refractivity contribution in [2.75, 3.05) is 26.4 Å². The molecular formula is C47H57ClN6O7. The molecule has 61 heavy (non-hydrogen) atoms. The minimum Gasteiger partial charge on any atom is -0.494 e. The SMILES string of the molecule is CC(C)(C)[C@H](NC(=O)COCCCCOc1ccc(C(=O)N[C@H]2C(C)(C)[C@H](Oc3ccc(C#N)c(Cl)c3)C2(C)C)cc1)C(=O)N1CCC[C@H]1C(=O)NCc1ccc(C#N)cc1. The molecule has 0 unspecified atom stereocenters. The number of carbonyl (C=O) groups excluding carboxylic acids is 4. The molecule has 3 aromatic carbocycles. The molecule has 4 amide bonds. The molecule has 1 heterocycles. The van der Waals surface area contributed by atoms with Gasteiger partial charge < -0.3 is 35.1 Å². The maximum atomic E-state index is 13.8. The Balaban J connectivity index is 1.00. The monoisotopic (exact) mass is 852 g/mol. The smallest absolute Gasteiger partial charge is 0.251 e. The van der Waals surface area contributed by atoms with E-state index >= 15 is 0 Å². The minimum absolute atomic E-state index is 0.172. The van der Waals surface area contributed by atoms with Gasteiger partial charge in [0, 0.05) is 48.2 Å². The second kappa shape index (κ2) is 19.8. The Morgan fingerprint density at radius 2 is 1.56 bits per heavy atom. The Labute approximate surface area is 364 Å². The number of nitriles is 2. The number of hydrogen-bond acceptors (Lipinski definition) is 9. The number of amides is 4. The van der Waals surface area contributed by atoms with Gasteiger partial charge in [-0.2, -0.15) is 10.5 Å². The fourth-order valence-electron chi connectivity index (χ4n) is 8.50. The van der Waals surface area contributed by atoms with E-state index < -0.39 is 34.2 Å². The molecule has 13 nitrogen and oxygen atoms in total. The van der Waals surface area contributed by atoms with Crippen LogP contribution >= 0.6 is 11.6 Å². The third-order valence-corrected chi connectivity index (χ3v) is 11.9. The van der Waals surface area contributed by atoms with Gasteiger partial charge in [0.1, 0.15) is 42.4 Å². The van der Waals surface area contributed by atoms with E-state index in [9.17, 15) is 24.4 Å². The molecule has 2 atom stereocenters. The van der Waals surface area contributed by atoms with Crippen LogP contribution in [-0.4, -0.2) is 79.1 Å². The molecule has 2 fully saturated rings. The van der Waals surface area contributed by atoms with Crippen LogP contribution in [0.2, 0.25) is 5.02 Å². The van der Waals surface area contributed by atoms with E-state index in [0.717, 1.165) is 5.56 Å². The predicted molar refractivity (Wildman–Crippen MR) is 231 cm³/mol. The van der Waals surface area contributed by atoms with Crippen LogP contribution in [0.1, 0.15) is 101 Å². The molecule has 2 aliphatic rings. The lowest BCUT2D eigenvalue weighted by atomic mass is 9.49. The topological polar surface area (TPSA) is 183 Å². The van der Waals surface area contributed by atoms with Gasteiger partial charge in [0.25, 0.3) is 5.91 Å². The molecule has 14 heteroatoms. The second-order valence-electron chi connectivity index (χ2n) is 18.0. The molecule has 1 aliphatic heterocycles. The van der Waals surface area contributed by atoms with E-state index in [4.69, 9.17) is 31.1 Å². The summed E-state index contributed by atoms with van der Waals surface area (Å²) in [7, 11) is 0. The molecule has 3 N–H and O–H groups in total. The Bertz CT molecular complexity index is 2120. The first-order valence-corrected chi connectivity index (χ1v) is 21.1. The van der Waals surface area contributed by atoms with Crippen LogP contribution in [0.5, 0.6) is 11.5 Å². The Kier molecular flexibility index (Phi) is 15.1. The quantitative estimate of drug-likeness (QED) is 0.124. The zero-order chi connectivity index (χ0) is 44.5. The van der Waals surface area contributed by atoms with Crippen molar-refractivity contribution in [3.05, 3.63) is 94.0 Å². The molecule has 0 spiro atoms. The number of halogens is 1. The number of benzene rings is 3. The summed E-state index contributed by atoms with van der Waals surface area (Å²) in [5.74, 6) is 0.0198. The lowest BCUT2D eigenvalue weighted by molar-refractivity contribution is -0.164. The molecule has 1 saturated carbocycles. The Morgan fingerprint density at radius 3 is 2.18 bits per heavy atom. The number of likely N-dealkylation sites (tertiary alicyclic amines) is 1. The van der Waals surface area contributed by atoms with Crippen molar-refractivity contribution in [2.45, 2.75) is 105 Å². The molecule has 0 radical (unpaired) electrons. The molecule has 0 bridgehead atoms. The average Bonchev–Trinajstić information content (AvgIpc) is 3.73. The Hall–Kier alpha value is -5.63. The van der Waals surface area contributed by atoms with Gasteiger partial charge >= 0.3 is 0 Å². The van der Waals surface area contributed by atoms with Crippen LogP contribution in [0, 0.1) is 38.9 Å². The molecule has 0 aromatic heterocycles. The van der Waals surface area contributed by atoms with E-state index in [1.807, 2.05) is 20.8 Å². The van der Waals surface area contributed by atoms with Gasteiger partial charge in [-0.25, -0.2) is 0 Å². The molecule has 3 aromatic rings. The van der Waals surface area contributed by atoms with Crippen molar-refractivity contribution < 1.29 is 33.4 Å². The van der Waals surface area contributed by atoms with Gasteiger partial charge in [0.15, 0.2) is 0 Å². The standard InChI is InChI=1S/C47H57ClN6O7/c1-45(2,3)39(42(58)54-22-10-11-37(54)41(57)51-28-31-14-12-30(26-49)13-15-31)52-38(55)29-59-23-8-9-24-60-34-19-16-32(17-20-34)40(56)53-43-46(4,5)44(47(43,6)7)61-35-21-18-33(27-50)36(48)25-35/h12-21,25,37,39,43-44H,8-11,22-24,28-29H2,1-7H3,(H,51,57)(H,52,55)(H,53,56)/t37-,39+,43-,44-/m0/s1. The summed E-state index contributed by atoms with van der Waals surface area (Å²) >= 11 is 6.22. The summed E-state index contributed by atoms with van der Waals surface area (Å²) < 4.78 is 17.9. The lowest BCUT2D eigenvalue weighted by Crippen LogP contribution is -2.74. The first kappa shape index (κ1) is 46.4.